The van der Waals surface area contributed by atoms with Crippen LogP contribution in [-0.4, -0.2) is 18.1 Å². The average Bonchev–Trinajstić information content (AvgIpc) is 2.56. The molecular formula is C19H19FN2O. The molecule has 0 spiro atoms. The predicted octanol–water partition coefficient (Wildman–Crippen LogP) is 4.19. The van der Waals surface area contributed by atoms with Crippen molar-refractivity contribution in [2.75, 3.05) is 16.3 Å². The molecule has 1 unspecified atom stereocenters. The number of hydrogen-bond donors (Lipinski definition) is 0. The fourth-order valence-electron chi connectivity index (χ4n) is 3.93. The summed E-state index contributed by atoms with van der Waals surface area (Å²) < 4.78 is 13.3. The highest BCUT2D eigenvalue weighted by atomic mass is 19.1. The molecule has 1 atom stereocenters. The van der Waals surface area contributed by atoms with E-state index < -0.39 is 5.66 Å². The van der Waals surface area contributed by atoms with Gasteiger partial charge in [0.05, 0.1) is 11.3 Å². The molecule has 1 fully saturated rings. The number of para-hydroxylation sites is 1. The highest BCUT2D eigenvalue weighted by molar-refractivity contribution is 6.13. The van der Waals surface area contributed by atoms with Gasteiger partial charge in [0.1, 0.15) is 11.5 Å². The second kappa shape index (κ2) is 5.08. The first-order valence-electron chi connectivity index (χ1n) is 8.08. The Morgan fingerprint density at radius 2 is 1.78 bits per heavy atom. The first kappa shape index (κ1) is 14.2. The minimum absolute atomic E-state index is 0.00661. The molecule has 0 aliphatic carbocycles. The Kier molecular flexibility index (Phi) is 3.15. The average molecular weight is 310 g/mol. The summed E-state index contributed by atoms with van der Waals surface area (Å²) in [6.45, 7) is 3.04. The SMILES string of the molecule is CC12CCCCN1c1ccccc1C(=O)N2c1ccc(F)cc1. The maximum Gasteiger partial charge on any atom is 0.262 e. The van der Waals surface area contributed by atoms with Crippen molar-refractivity contribution in [3.05, 3.63) is 59.9 Å². The lowest BCUT2D eigenvalue weighted by atomic mass is 9.88. The molecule has 3 nitrogen and oxygen atoms in total. The maximum absolute atomic E-state index is 13.3. The van der Waals surface area contributed by atoms with Crippen molar-refractivity contribution in [1.82, 2.24) is 0 Å². The van der Waals surface area contributed by atoms with E-state index in [1.54, 1.807) is 12.1 Å². The Labute approximate surface area is 135 Å². The number of fused-ring (bicyclic) bond motifs is 3. The molecule has 2 heterocycles. The smallest absolute Gasteiger partial charge is 0.262 e. The van der Waals surface area contributed by atoms with Crippen molar-refractivity contribution in [2.24, 2.45) is 0 Å². The Morgan fingerprint density at radius 1 is 1.04 bits per heavy atom. The summed E-state index contributed by atoms with van der Waals surface area (Å²) in [5, 5.41) is 0. The molecule has 2 aromatic carbocycles. The van der Waals surface area contributed by atoms with Crippen molar-refractivity contribution in [3.8, 4) is 0 Å². The molecule has 4 heteroatoms. The number of nitrogens with zero attached hydrogens (tertiary/aromatic N) is 2. The molecular weight excluding hydrogens is 291 g/mol. The van der Waals surface area contributed by atoms with E-state index in [2.05, 4.69) is 11.8 Å². The normalized spacial score (nSPS) is 23.5. The lowest BCUT2D eigenvalue weighted by Crippen LogP contribution is -2.66. The topological polar surface area (TPSA) is 23.6 Å². The summed E-state index contributed by atoms with van der Waals surface area (Å²) in [6.07, 6.45) is 3.11. The quantitative estimate of drug-likeness (QED) is 0.788. The van der Waals surface area contributed by atoms with Crippen molar-refractivity contribution in [1.29, 1.82) is 0 Å². The number of carbonyl (C=O) groups is 1. The Morgan fingerprint density at radius 3 is 2.57 bits per heavy atom. The minimum atomic E-state index is -0.401. The van der Waals surface area contributed by atoms with Crippen LogP contribution in [0.3, 0.4) is 0 Å². The maximum atomic E-state index is 13.3. The molecule has 0 aromatic heterocycles. The van der Waals surface area contributed by atoms with E-state index in [9.17, 15) is 9.18 Å². The number of halogens is 1. The van der Waals surface area contributed by atoms with Crippen molar-refractivity contribution < 1.29 is 9.18 Å². The van der Waals surface area contributed by atoms with Crippen LogP contribution in [0.5, 0.6) is 0 Å². The number of rotatable bonds is 1. The zero-order valence-electron chi connectivity index (χ0n) is 13.1. The molecule has 2 aromatic rings. The van der Waals surface area contributed by atoms with Gasteiger partial charge in [-0.1, -0.05) is 12.1 Å². The van der Waals surface area contributed by atoms with Gasteiger partial charge in [0.25, 0.3) is 5.91 Å². The van der Waals surface area contributed by atoms with Crippen LogP contribution in [-0.2, 0) is 0 Å². The molecule has 23 heavy (non-hydrogen) atoms. The second-order valence-corrected chi connectivity index (χ2v) is 6.46. The van der Waals surface area contributed by atoms with Crippen LogP contribution in [0.25, 0.3) is 0 Å². The zero-order valence-corrected chi connectivity index (χ0v) is 13.1. The molecule has 1 amide bonds. The van der Waals surface area contributed by atoms with E-state index in [1.807, 2.05) is 29.2 Å². The second-order valence-electron chi connectivity index (χ2n) is 6.46. The number of anilines is 2. The summed E-state index contributed by atoms with van der Waals surface area (Å²) in [7, 11) is 0. The van der Waals surface area contributed by atoms with Gasteiger partial charge in [-0.2, -0.15) is 0 Å². The van der Waals surface area contributed by atoms with Gasteiger partial charge >= 0.3 is 0 Å². The molecule has 0 bridgehead atoms. The highest BCUT2D eigenvalue weighted by Gasteiger charge is 2.48. The third-order valence-electron chi connectivity index (χ3n) is 5.06. The van der Waals surface area contributed by atoms with Gasteiger partial charge in [-0.3, -0.25) is 9.69 Å². The van der Waals surface area contributed by atoms with Crippen LogP contribution in [0.1, 0.15) is 36.5 Å². The Balaban J connectivity index is 1.91. The largest absolute Gasteiger partial charge is 0.348 e. The first-order chi connectivity index (χ1) is 11.1. The monoisotopic (exact) mass is 310 g/mol. The standard InChI is InChI=1S/C19H19FN2O/c1-19-12-4-5-13-21(19)17-7-3-2-6-16(17)18(23)22(19)15-10-8-14(20)9-11-15/h2-3,6-11H,4-5,12-13H2,1H3. The van der Waals surface area contributed by atoms with Gasteiger partial charge in [0, 0.05) is 12.2 Å². The Bertz CT molecular complexity index is 758. The predicted molar refractivity (Wildman–Crippen MR) is 89.3 cm³/mol. The molecule has 0 saturated carbocycles. The molecule has 0 radical (unpaired) electrons. The van der Waals surface area contributed by atoms with Crippen LogP contribution in [0, 0.1) is 5.82 Å². The first-order valence-corrected chi connectivity index (χ1v) is 8.08. The number of hydrogen-bond acceptors (Lipinski definition) is 2. The fraction of sp³-hybridized carbons (Fsp3) is 0.316. The van der Waals surface area contributed by atoms with E-state index in [1.165, 1.54) is 12.1 Å². The summed E-state index contributed by atoms with van der Waals surface area (Å²) in [5.41, 5.74) is 2.08. The van der Waals surface area contributed by atoms with Crippen LogP contribution >= 0.6 is 0 Å². The molecule has 1 saturated heterocycles. The third kappa shape index (κ3) is 2.05. The molecule has 4 rings (SSSR count). The summed E-state index contributed by atoms with van der Waals surface area (Å²) in [4.78, 5) is 17.3. The van der Waals surface area contributed by atoms with Crippen LogP contribution in [0.15, 0.2) is 48.5 Å². The highest BCUT2D eigenvalue weighted by Crippen LogP contribution is 2.44. The third-order valence-corrected chi connectivity index (χ3v) is 5.06. The summed E-state index contributed by atoms with van der Waals surface area (Å²) >= 11 is 0. The Hall–Kier alpha value is -2.36. The summed E-state index contributed by atoms with van der Waals surface area (Å²) in [6, 6.07) is 14.0. The number of amides is 1. The van der Waals surface area contributed by atoms with Gasteiger partial charge in [-0.05, 0) is 62.6 Å². The van der Waals surface area contributed by atoms with Gasteiger partial charge in [0.15, 0.2) is 0 Å². The molecule has 2 aliphatic heterocycles. The lowest BCUT2D eigenvalue weighted by molar-refractivity contribution is 0.0934. The zero-order chi connectivity index (χ0) is 16.0. The fourth-order valence-corrected chi connectivity index (χ4v) is 3.93. The molecule has 118 valence electrons. The van der Waals surface area contributed by atoms with E-state index >= 15 is 0 Å². The van der Waals surface area contributed by atoms with E-state index in [0.717, 1.165) is 42.7 Å². The van der Waals surface area contributed by atoms with Gasteiger partial charge in [-0.25, -0.2) is 4.39 Å². The van der Waals surface area contributed by atoms with Gasteiger partial charge < -0.3 is 4.90 Å². The number of benzene rings is 2. The summed E-state index contributed by atoms with van der Waals surface area (Å²) in [5.74, 6) is -0.294. The van der Waals surface area contributed by atoms with Crippen molar-refractivity contribution in [3.63, 3.8) is 0 Å². The van der Waals surface area contributed by atoms with E-state index in [4.69, 9.17) is 0 Å². The lowest BCUT2D eigenvalue weighted by Gasteiger charge is -2.55. The van der Waals surface area contributed by atoms with Crippen molar-refractivity contribution in [2.45, 2.75) is 31.8 Å². The van der Waals surface area contributed by atoms with Crippen molar-refractivity contribution >= 4 is 17.3 Å². The minimum Gasteiger partial charge on any atom is -0.348 e. The van der Waals surface area contributed by atoms with Gasteiger partial charge in [-0.15, -0.1) is 0 Å². The molecule has 0 N–H and O–H groups in total. The van der Waals surface area contributed by atoms with Crippen LogP contribution in [0.4, 0.5) is 15.8 Å². The molecule has 2 aliphatic rings. The van der Waals surface area contributed by atoms with Crippen LogP contribution in [0.2, 0.25) is 0 Å². The van der Waals surface area contributed by atoms with E-state index in [-0.39, 0.29) is 11.7 Å². The number of piperidine rings is 1. The van der Waals surface area contributed by atoms with E-state index in [0.29, 0.717) is 0 Å². The van der Waals surface area contributed by atoms with Crippen LogP contribution < -0.4 is 9.80 Å². The number of carbonyl (C=O) groups excluding carboxylic acids is 1. The van der Waals surface area contributed by atoms with Gasteiger partial charge in [0.2, 0.25) is 0 Å².